The van der Waals surface area contributed by atoms with Crippen molar-refractivity contribution in [2.45, 2.75) is 13.3 Å². The first-order valence-corrected chi connectivity index (χ1v) is 5.15. The van der Waals surface area contributed by atoms with E-state index in [1.54, 1.807) is 6.20 Å². The van der Waals surface area contributed by atoms with E-state index in [-0.39, 0.29) is 25.8 Å². The Balaban J connectivity index is 0.00000162. The zero-order chi connectivity index (χ0) is 12.4. The fourth-order valence-corrected chi connectivity index (χ4v) is 1.54. The molecule has 0 saturated heterocycles. The van der Waals surface area contributed by atoms with Crippen molar-refractivity contribution in [3.8, 4) is 11.4 Å². The molecule has 1 aromatic heterocycles. The zero-order valence-electron chi connectivity index (χ0n) is 9.83. The third-order valence-electron chi connectivity index (χ3n) is 2.37. The fraction of sp³-hybridized carbons (Fsp3) is 0.250. The molecule has 3 nitrogen and oxygen atoms in total. The van der Waals surface area contributed by atoms with Gasteiger partial charge in [-0.2, -0.15) is 11.2 Å². The van der Waals surface area contributed by atoms with Gasteiger partial charge >= 0.3 is 0 Å². The van der Waals surface area contributed by atoms with Crippen molar-refractivity contribution in [1.29, 1.82) is 0 Å². The number of halogens is 2. The van der Waals surface area contributed by atoms with Gasteiger partial charge in [0.2, 0.25) is 0 Å². The standard InChI is InChI=1S/C12H11F2N2O.Ir/c1-3-10-12(17-2)7-16(15-10)11-5-4-8(13)6-9(11)14;/h4,6-7H,3H2,1-2H3;/q-1;. The van der Waals surface area contributed by atoms with E-state index in [0.717, 1.165) is 12.1 Å². The summed E-state index contributed by atoms with van der Waals surface area (Å²) in [6.45, 7) is 1.92. The molecule has 0 bridgehead atoms. The molecule has 0 aliphatic rings. The molecule has 0 N–H and O–H groups in total. The van der Waals surface area contributed by atoms with Crippen molar-refractivity contribution in [2.24, 2.45) is 0 Å². The van der Waals surface area contributed by atoms with Crippen molar-refractivity contribution in [2.75, 3.05) is 7.11 Å². The second-order valence-electron chi connectivity index (χ2n) is 3.46. The molecule has 99 valence electrons. The first-order valence-electron chi connectivity index (χ1n) is 5.15. The molecule has 6 heteroatoms. The van der Waals surface area contributed by atoms with Gasteiger partial charge in [0, 0.05) is 31.7 Å². The molecule has 1 aromatic carbocycles. The summed E-state index contributed by atoms with van der Waals surface area (Å²) >= 11 is 0. The molecular weight excluding hydrogens is 418 g/mol. The first kappa shape index (κ1) is 14.8. The second kappa shape index (κ2) is 6.07. The number of aromatic nitrogens is 2. The maximum Gasteiger partial charge on any atom is 0.160 e. The quantitative estimate of drug-likeness (QED) is 0.702. The minimum Gasteiger partial charge on any atom is -0.493 e. The Morgan fingerprint density at radius 1 is 1.44 bits per heavy atom. The third-order valence-corrected chi connectivity index (χ3v) is 2.37. The van der Waals surface area contributed by atoms with Gasteiger partial charge in [-0.05, 0) is 12.1 Å². The Morgan fingerprint density at radius 3 is 2.67 bits per heavy atom. The largest absolute Gasteiger partial charge is 0.493 e. The number of hydrogen-bond acceptors (Lipinski definition) is 2. The summed E-state index contributed by atoms with van der Waals surface area (Å²) in [7, 11) is 1.52. The molecule has 1 radical (unpaired) electrons. The summed E-state index contributed by atoms with van der Waals surface area (Å²) in [5.74, 6) is -0.802. The van der Waals surface area contributed by atoms with Crippen molar-refractivity contribution in [3.63, 3.8) is 0 Å². The Labute approximate surface area is 117 Å². The minimum atomic E-state index is -0.710. The number of ether oxygens (including phenoxy) is 1. The second-order valence-corrected chi connectivity index (χ2v) is 3.46. The smallest absolute Gasteiger partial charge is 0.160 e. The van der Waals surface area contributed by atoms with Crippen molar-refractivity contribution in [1.82, 2.24) is 9.78 Å². The van der Waals surface area contributed by atoms with Crippen LogP contribution in [0.2, 0.25) is 0 Å². The van der Waals surface area contributed by atoms with Crippen LogP contribution in [0.25, 0.3) is 5.69 Å². The molecule has 0 aliphatic heterocycles. The molecule has 2 rings (SSSR count). The molecule has 0 saturated carbocycles. The van der Waals surface area contributed by atoms with Crippen LogP contribution in [-0.4, -0.2) is 16.9 Å². The van der Waals surface area contributed by atoms with E-state index in [2.05, 4.69) is 11.2 Å². The van der Waals surface area contributed by atoms with Gasteiger partial charge in [0.25, 0.3) is 0 Å². The summed E-state index contributed by atoms with van der Waals surface area (Å²) in [5.41, 5.74) is 0.786. The van der Waals surface area contributed by atoms with Crippen molar-refractivity contribution in [3.05, 3.63) is 41.7 Å². The first-order chi connectivity index (χ1) is 8.15. The molecule has 18 heavy (non-hydrogen) atoms. The van der Waals surface area contributed by atoms with Crippen LogP contribution in [-0.2, 0) is 26.5 Å². The summed E-state index contributed by atoms with van der Waals surface area (Å²) in [4.78, 5) is 0. The maximum absolute atomic E-state index is 13.5. The van der Waals surface area contributed by atoms with Crippen LogP contribution in [0.3, 0.4) is 0 Å². The number of hydrogen-bond donors (Lipinski definition) is 0. The zero-order valence-corrected chi connectivity index (χ0v) is 12.2. The summed E-state index contributed by atoms with van der Waals surface area (Å²) in [6, 6.07) is 4.37. The van der Waals surface area contributed by atoms with E-state index in [9.17, 15) is 8.78 Å². The van der Waals surface area contributed by atoms with E-state index < -0.39 is 11.6 Å². The van der Waals surface area contributed by atoms with Crippen LogP contribution in [0.1, 0.15) is 12.6 Å². The van der Waals surface area contributed by atoms with Crippen LogP contribution in [0.5, 0.6) is 5.75 Å². The van der Waals surface area contributed by atoms with Crippen LogP contribution in [0.4, 0.5) is 8.78 Å². The van der Waals surface area contributed by atoms with E-state index in [0.29, 0.717) is 17.9 Å². The molecule has 0 amide bonds. The number of benzene rings is 1. The normalized spacial score (nSPS) is 10.0. The van der Waals surface area contributed by atoms with Gasteiger partial charge in [-0.3, -0.25) is 13.5 Å². The van der Waals surface area contributed by atoms with Crippen molar-refractivity contribution >= 4 is 0 Å². The van der Waals surface area contributed by atoms with Crippen LogP contribution in [0.15, 0.2) is 18.3 Å². The Kier molecular flexibility index (Phi) is 4.99. The molecule has 0 atom stereocenters. The number of rotatable bonds is 3. The SMILES string of the molecule is CCc1nn(-c2[c-]cc(F)cc2F)cc1OC.[Ir]. The monoisotopic (exact) mass is 430 g/mol. The van der Waals surface area contributed by atoms with Crippen LogP contribution >= 0.6 is 0 Å². The molecule has 1 heterocycles. The fourth-order valence-electron chi connectivity index (χ4n) is 1.54. The van der Waals surface area contributed by atoms with Gasteiger partial charge < -0.3 is 4.74 Å². The molecule has 0 unspecified atom stereocenters. The van der Waals surface area contributed by atoms with Gasteiger partial charge in [0.1, 0.15) is 5.69 Å². The van der Waals surface area contributed by atoms with Gasteiger partial charge in [0.15, 0.2) is 5.75 Å². The average molecular weight is 429 g/mol. The molecule has 0 spiro atoms. The number of methoxy groups -OCH3 is 1. The van der Waals surface area contributed by atoms with Gasteiger partial charge in [-0.15, -0.1) is 12.1 Å². The Morgan fingerprint density at radius 2 is 2.17 bits per heavy atom. The van der Waals surface area contributed by atoms with Crippen LogP contribution < -0.4 is 4.74 Å². The van der Waals surface area contributed by atoms with Gasteiger partial charge in [0.05, 0.1) is 13.3 Å². The number of nitrogens with zero attached hydrogens (tertiary/aromatic N) is 2. The van der Waals surface area contributed by atoms with E-state index in [1.165, 1.54) is 11.8 Å². The third kappa shape index (κ3) is 2.76. The maximum atomic E-state index is 13.5. The Hall–Kier alpha value is -1.26. The summed E-state index contributed by atoms with van der Waals surface area (Å²) < 4.78 is 32.7. The summed E-state index contributed by atoms with van der Waals surface area (Å²) in [5, 5.41) is 4.16. The van der Waals surface area contributed by atoms with Crippen LogP contribution in [0, 0.1) is 17.7 Å². The van der Waals surface area contributed by atoms with Gasteiger partial charge in [-0.25, -0.2) is 0 Å². The average Bonchev–Trinajstić information content (AvgIpc) is 2.72. The minimum absolute atomic E-state index is 0. The molecule has 2 aromatic rings. The van der Waals surface area contributed by atoms with Crippen molar-refractivity contribution < 1.29 is 33.6 Å². The number of aryl methyl sites for hydroxylation is 1. The van der Waals surface area contributed by atoms with E-state index in [4.69, 9.17) is 4.74 Å². The molecular formula is C12H11F2IrN2O-. The van der Waals surface area contributed by atoms with E-state index >= 15 is 0 Å². The predicted octanol–water partition coefficient (Wildman–Crippen LogP) is 2.52. The summed E-state index contributed by atoms with van der Waals surface area (Å²) in [6.07, 6.45) is 2.21. The van der Waals surface area contributed by atoms with Gasteiger partial charge in [-0.1, -0.05) is 6.92 Å². The topological polar surface area (TPSA) is 27.1 Å². The molecule has 0 fully saturated rings. The van der Waals surface area contributed by atoms with E-state index in [1.807, 2.05) is 6.92 Å². The predicted molar refractivity (Wildman–Crippen MR) is 58.2 cm³/mol. The Bertz CT molecular complexity index is 521. The molecule has 0 aliphatic carbocycles.